The molecule has 1 aromatic carbocycles. The summed E-state index contributed by atoms with van der Waals surface area (Å²) in [6, 6.07) is 5.26. The molecule has 15 heavy (non-hydrogen) atoms. The van der Waals surface area contributed by atoms with Crippen LogP contribution >= 0.6 is 11.6 Å². The quantitative estimate of drug-likeness (QED) is 0.798. The Labute approximate surface area is 95.1 Å². The van der Waals surface area contributed by atoms with E-state index in [9.17, 15) is 5.11 Å². The standard InChI is InChI=1S/C12H15ClO2/c1-8(2)7-15-12-5-4-10(9(3)14)6-11(12)13/h4-6,9,14H,1,7H2,2-3H3. The summed E-state index contributed by atoms with van der Waals surface area (Å²) in [7, 11) is 0. The monoisotopic (exact) mass is 226 g/mol. The predicted molar refractivity (Wildman–Crippen MR) is 62.4 cm³/mol. The van der Waals surface area contributed by atoms with Crippen LogP contribution in [0.2, 0.25) is 5.02 Å². The number of aliphatic hydroxyl groups excluding tert-OH is 1. The number of hydrogen-bond donors (Lipinski definition) is 1. The first-order valence-corrected chi connectivity index (χ1v) is 5.13. The lowest BCUT2D eigenvalue weighted by molar-refractivity contribution is 0.199. The van der Waals surface area contributed by atoms with Gasteiger partial charge in [0.1, 0.15) is 12.4 Å². The van der Waals surface area contributed by atoms with Gasteiger partial charge in [-0.3, -0.25) is 0 Å². The van der Waals surface area contributed by atoms with Gasteiger partial charge in [-0.25, -0.2) is 0 Å². The first-order chi connectivity index (χ1) is 7.00. The van der Waals surface area contributed by atoms with Crippen LogP contribution in [-0.4, -0.2) is 11.7 Å². The maximum atomic E-state index is 9.34. The van der Waals surface area contributed by atoms with Gasteiger partial charge in [0, 0.05) is 0 Å². The second kappa shape index (κ2) is 5.19. The van der Waals surface area contributed by atoms with Gasteiger partial charge in [0.05, 0.1) is 11.1 Å². The van der Waals surface area contributed by atoms with Gasteiger partial charge in [0.2, 0.25) is 0 Å². The van der Waals surface area contributed by atoms with Gasteiger partial charge in [-0.2, -0.15) is 0 Å². The summed E-state index contributed by atoms with van der Waals surface area (Å²) in [5, 5.41) is 9.85. The summed E-state index contributed by atoms with van der Waals surface area (Å²) in [5.74, 6) is 0.615. The molecular weight excluding hydrogens is 212 g/mol. The van der Waals surface area contributed by atoms with Crippen LogP contribution in [0, 0.1) is 0 Å². The Morgan fingerprint density at radius 1 is 1.60 bits per heavy atom. The molecule has 82 valence electrons. The zero-order chi connectivity index (χ0) is 11.4. The highest BCUT2D eigenvalue weighted by atomic mass is 35.5. The second-order valence-corrected chi connectivity index (χ2v) is 4.02. The molecule has 2 nitrogen and oxygen atoms in total. The van der Waals surface area contributed by atoms with E-state index in [1.807, 2.05) is 6.92 Å². The van der Waals surface area contributed by atoms with Crippen molar-refractivity contribution in [1.82, 2.24) is 0 Å². The molecule has 1 unspecified atom stereocenters. The van der Waals surface area contributed by atoms with E-state index in [0.29, 0.717) is 17.4 Å². The fourth-order valence-corrected chi connectivity index (χ4v) is 1.34. The van der Waals surface area contributed by atoms with E-state index in [-0.39, 0.29) is 0 Å². The number of aliphatic hydroxyl groups is 1. The summed E-state index contributed by atoms with van der Waals surface area (Å²) in [4.78, 5) is 0. The van der Waals surface area contributed by atoms with Gasteiger partial charge >= 0.3 is 0 Å². The number of benzene rings is 1. The minimum absolute atomic E-state index is 0.452. The van der Waals surface area contributed by atoms with Crippen LogP contribution < -0.4 is 4.74 Å². The van der Waals surface area contributed by atoms with Crippen molar-refractivity contribution in [3.05, 3.63) is 40.9 Å². The van der Waals surface area contributed by atoms with Crippen LogP contribution in [0.5, 0.6) is 5.75 Å². The smallest absolute Gasteiger partial charge is 0.138 e. The van der Waals surface area contributed by atoms with Crippen molar-refractivity contribution >= 4 is 11.6 Å². The van der Waals surface area contributed by atoms with Crippen LogP contribution in [0.15, 0.2) is 30.4 Å². The summed E-state index contributed by atoms with van der Waals surface area (Å²) in [5.41, 5.74) is 1.72. The highest BCUT2D eigenvalue weighted by Crippen LogP contribution is 2.28. The van der Waals surface area contributed by atoms with E-state index >= 15 is 0 Å². The highest BCUT2D eigenvalue weighted by molar-refractivity contribution is 6.32. The SMILES string of the molecule is C=C(C)COc1ccc(C(C)O)cc1Cl. The molecule has 0 radical (unpaired) electrons. The van der Waals surface area contributed by atoms with Gasteiger partial charge < -0.3 is 9.84 Å². The lowest BCUT2D eigenvalue weighted by atomic mass is 10.1. The van der Waals surface area contributed by atoms with Gasteiger partial charge in [-0.05, 0) is 37.1 Å². The van der Waals surface area contributed by atoms with E-state index in [2.05, 4.69) is 6.58 Å². The molecule has 0 aliphatic carbocycles. The molecule has 1 N–H and O–H groups in total. The summed E-state index contributed by atoms with van der Waals surface area (Å²) < 4.78 is 5.42. The predicted octanol–water partition coefficient (Wildman–Crippen LogP) is 3.35. The second-order valence-electron chi connectivity index (χ2n) is 3.61. The molecule has 3 heteroatoms. The Balaban J connectivity index is 2.79. The lowest BCUT2D eigenvalue weighted by Gasteiger charge is -2.10. The van der Waals surface area contributed by atoms with Crippen molar-refractivity contribution in [3.8, 4) is 5.75 Å². The van der Waals surface area contributed by atoms with Crippen LogP contribution in [0.4, 0.5) is 0 Å². The van der Waals surface area contributed by atoms with Crippen LogP contribution in [0.25, 0.3) is 0 Å². The third-order valence-electron chi connectivity index (χ3n) is 1.91. The minimum atomic E-state index is -0.516. The molecule has 0 saturated carbocycles. The van der Waals surface area contributed by atoms with Gasteiger partial charge in [-0.15, -0.1) is 0 Å². The normalized spacial score (nSPS) is 12.3. The van der Waals surface area contributed by atoms with E-state index in [4.69, 9.17) is 16.3 Å². The largest absolute Gasteiger partial charge is 0.488 e. The Bertz CT molecular complexity index is 359. The Hall–Kier alpha value is -0.990. The van der Waals surface area contributed by atoms with Gasteiger partial charge in [-0.1, -0.05) is 24.2 Å². The Morgan fingerprint density at radius 2 is 2.27 bits per heavy atom. The highest BCUT2D eigenvalue weighted by Gasteiger charge is 2.06. The molecule has 0 saturated heterocycles. The minimum Gasteiger partial charge on any atom is -0.488 e. The van der Waals surface area contributed by atoms with Crippen LogP contribution in [0.3, 0.4) is 0 Å². The van der Waals surface area contributed by atoms with E-state index in [0.717, 1.165) is 11.1 Å². The zero-order valence-electron chi connectivity index (χ0n) is 8.96. The molecular formula is C12H15ClO2. The summed E-state index contributed by atoms with van der Waals surface area (Å²) >= 11 is 5.99. The molecule has 0 aliphatic rings. The average Bonchev–Trinajstić information content (AvgIpc) is 2.15. The van der Waals surface area contributed by atoms with E-state index in [1.54, 1.807) is 25.1 Å². The molecule has 1 aromatic rings. The molecule has 1 atom stereocenters. The maximum absolute atomic E-state index is 9.34. The van der Waals surface area contributed by atoms with E-state index in [1.165, 1.54) is 0 Å². The zero-order valence-corrected chi connectivity index (χ0v) is 9.71. The van der Waals surface area contributed by atoms with Crippen molar-refractivity contribution in [2.75, 3.05) is 6.61 Å². The van der Waals surface area contributed by atoms with Gasteiger partial charge in [0.25, 0.3) is 0 Å². The lowest BCUT2D eigenvalue weighted by Crippen LogP contribution is -1.99. The Kier molecular flexibility index (Phi) is 4.18. The van der Waals surface area contributed by atoms with Crippen molar-refractivity contribution in [2.45, 2.75) is 20.0 Å². The Morgan fingerprint density at radius 3 is 2.73 bits per heavy atom. The molecule has 0 aromatic heterocycles. The van der Waals surface area contributed by atoms with E-state index < -0.39 is 6.10 Å². The number of ether oxygens (including phenoxy) is 1. The molecule has 0 fully saturated rings. The number of rotatable bonds is 4. The molecule has 0 amide bonds. The van der Waals surface area contributed by atoms with Gasteiger partial charge in [0.15, 0.2) is 0 Å². The third kappa shape index (κ3) is 3.57. The van der Waals surface area contributed by atoms with Crippen molar-refractivity contribution in [3.63, 3.8) is 0 Å². The summed E-state index contributed by atoms with van der Waals surface area (Å²) in [6.45, 7) is 7.77. The fourth-order valence-electron chi connectivity index (χ4n) is 1.09. The number of halogens is 1. The van der Waals surface area contributed by atoms with Crippen LogP contribution in [0.1, 0.15) is 25.5 Å². The van der Waals surface area contributed by atoms with Crippen molar-refractivity contribution in [2.24, 2.45) is 0 Å². The first-order valence-electron chi connectivity index (χ1n) is 4.75. The van der Waals surface area contributed by atoms with Crippen molar-refractivity contribution < 1.29 is 9.84 Å². The molecule has 0 bridgehead atoms. The first kappa shape index (κ1) is 12.1. The van der Waals surface area contributed by atoms with Crippen LogP contribution in [-0.2, 0) is 0 Å². The van der Waals surface area contributed by atoms with Crippen molar-refractivity contribution in [1.29, 1.82) is 0 Å². The molecule has 0 spiro atoms. The summed E-state index contributed by atoms with van der Waals surface area (Å²) in [6.07, 6.45) is -0.516. The maximum Gasteiger partial charge on any atom is 0.138 e. The topological polar surface area (TPSA) is 29.5 Å². The number of hydrogen-bond acceptors (Lipinski definition) is 2. The molecule has 1 rings (SSSR count). The fraction of sp³-hybridized carbons (Fsp3) is 0.333. The average molecular weight is 227 g/mol. The third-order valence-corrected chi connectivity index (χ3v) is 2.21. The molecule has 0 aliphatic heterocycles. The molecule has 0 heterocycles.